The molecule has 7 nitrogen and oxygen atoms in total. The lowest BCUT2D eigenvalue weighted by Crippen LogP contribution is -2.23. The van der Waals surface area contributed by atoms with E-state index >= 15 is 0 Å². The Hall–Kier alpha value is -2.70. The molecule has 0 fully saturated rings. The van der Waals surface area contributed by atoms with Crippen molar-refractivity contribution in [3.63, 3.8) is 0 Å². The zero-order valence-corrected chi connectivity index (χ0v) is 11.8. The van der Waals surface area contributed by atoms with Crippen LogP contribution in [0.5, 0.6) is 0 Å². The summed E-state index contributed by atoms with van der Waals surface area (Å²) in [7, 11) is 0. The van der Waals surface area contributed by atoms with Crippen LogP contribution in [0.25, 0.3) is 0 Å². The molecule has 110 valence electrons. The van der Waals surface area contributed by atoms with Crippen molar-refractivity contribution in [3.8, 4) is 0 Å². The third-order valence-corrected chi connectivity index (χ3v) is 2.64. The molecule has 0 atom stereocenters. The van der Waals surface area contributed by atoms with Gasteiger partial charge in [-0.05, 0) is 26.0 Å². The van der Waals surface area contributed by atoms with Crippen LogP contribution in [0.1, 0.15) is 30.4 Å². The van der Waals surface area contributed by atoms with Crippen LogP contribution < -0.4 is 5.32 Å². The van der Waals surface area contributed by atoms with Gasteiger partial charge in [-0.3, -0.25) is 4.79 Å². The maximum Gasteiger partial charge on any atom is 0.357 e. The number of hydrogen-bond acceptors (Lipinski definition) is 5. The number of nitrogens with one attached hydrogen (secondary N) is 1. The van der Waals surface area contributed by atoms with Gasteiger partial charge in [0.15, 0.2) is 6.61 Å². The monoisotopic (exact) mass is 288 g/mol. The highest BCUT2D eigenvalue weighted by Crippen LogP contribution is 2.12. The fourth-order valence-electron chi connectivity index (χ4n) is 1.69. The number of carbonyl (C=O) groups is 2. The molecule has 0 spiro atoms. The fraction of sp³-hybridized carbons (Fsp3) is 0.286. The van der Waals surface area contributed by atoms with Crippen LogP contribution in [0, 0.1) is 0 Å². The summed E-state index contributed by atoms with van der Waals surface area (Å²) in [6, 6.07) is 6.68. The van der Waals surface area contributed by atoms with E-state index in [1.54, 1.807) is 29.1 Å². The highest BCUT2D eigenvalue weighted by atomic mass is 16.5. The van der Waals surface area contributed by atoms with Crippen LogP contribution in [0.2, 0.25) is 0 Å². The number of ether oxygens (including phenoxy) is 1. The largest absolute Gasteiger partial charge is 0.451 e. The Morgan fingerprint density at radius 2 is 2.10 bits per heavy atom. The fourth-order valence-corrected chi connectivity index (χ4v) is 1.69. The van der Waals surface area contributed by atoms with Gasteiger partial charge in [-0.1, -0.05) is 6.07 Å². The second-order valence-corrected chi connectivity index (χ2v) is 4.59. The maximum atomic E-state index is 11.8. The van der Waals surface area contributed by atoms with Crippen molar-refractivity contribution in [2.24, 2.45) is 0 Å². The highest BCUT2D eigenvalue weighted by molar-refractivity contribution is 5.94. The summed E-state index contributed by atoms with van der Waals surface area (Å²) in [5.41, 5.74) is 0.164. The van der Waals surface area contributed by atoms with Crippen molar-refractivity contribution >= 4 is 17.7 Å². The van der Waals surface area contributed by atoms with Crippen molar-refractivity contribution < 1.29 is 14.3 Å². The van der Waals surface area contributed by atoms with Crippen molar-refractivity contribution in [1.82, 2.24) is 14.8 Å². The van der Waals surface area contributed by atoms with Crippen LogP contribution >= 0.6 is 0 Å². The molecule has 0 radical (unpaired) electrons. The summed E-state index contributed by atoms with van der Waals surface area (Å²) in [5, 5.41) is 6.74. The Balaban J connectivity index is 1.88. The number of anilines is 1. The minimum Gasteiger partial charge on any atom is -0.451 e. The smallest absolute Gasteiger partial charge is 0.357 e. The van der Waals surface area contributed by atoms with Crippen LogP contribution in [0.3, 0.4) is 0 Å². The van der Waals surface area contributed by atoms with Crippen LogP contribution in [-0.4, -0.2) is 33.2 Å². The molecule has 0 bridgehead atoms. The molecule has 7 heteroatoms. The van der Waals surface area contributed by atoms with Gasteiger partial charge in [-0.25, -0.2) is 14.5 Å². The summed E-state index contributed by atoms with van der Waals surface area (Å²) in [6.07, 6.45) is 3.08. The second-order valence-electron chi connectivity index (χ2n) is 4.59. The number of pyridine rings is 1. The molecule has 0 aromatic carbocycles. The molecule has 0 aliphatic carbocycles. The summed E-state index contributed by atoms with van der Waals surface area (Å²) in [4.78, 5) is 27.3. The van der Waals surface area contributed by atoms with E-state index in [2.05, 4.69) is 15.4 Å². The predicted molar refractivity (Wildman–Crippen MR) is 75.8 cm³/mol. The number of esters is 1. The van der Waals surface area contributed by atoms with Crippen molar-refractivity contribution in [2.45, 2.75) is 19.9 Å². The van der Waals surface area contributed by atoms with E-state index in [-0.39, 0.29) is 18.3 Å². The number of carbonyl (C=O) groups excluding carboxylic acids is 2. The Kier molecular flexibility index (Phi) is 4.65. The topological polar surface area (TPSA) is 86.1 Å². The van der Waals surface area contributed by atoms with Gasteiger partial charge in [0.2, 0.25) is 0 Å². The Labute approximate surface area is 121 Å². The van der Waals surface area contributed by atoms with E-state index in [9.17, 15) is 9.59 Å². The number of amides is 1. The number of rotatable bonds is 5. The molecular formula is C14H16N4O3. The van der Waals surface area contributed by atoms with Crippen LogP contribution in [-0.2, 0) is 9.53 Å². The van der Waals surface area contributed by atoms with Crippen molar-refractivity contribution in [2.75, 3.05) is 11.9 Å². The van der Waals surface area contributed by atoms with Gasteiger partial charge < -0.3 is 10.1 Å². The minimum atomic E-state index is -0.636. The zero-order chi connectivity index (χ0) is 15.2. The number of aromatic nitrogens is 3. The molecule has 2 rings (SSSR count). The molecule has 1 N–H and O–H groups in total. The van der Waals surface area contributed by atoms with Gasteiger partial charge >= 0.3 is 5.97 Å². The molecule has 0 unspecified atom stereocenters. The SMILES string of the molecule is CC(C)n1nccc1NC(=O)COC(=O)c1ccccn1. The average molecular weight is 288 g/mol. The third-order valence-electron chi connectivity index (χ3n) is 2.64. The van der Waals surface area contributed by atoms with Gasteiger partial charge in [0, 0.05) is 18.3 Å². The molecule has 2 heterocycles. The molecule has 1 amide bonds. The van der Waals surface area contributed by atoms with Crippen LogP contribution in [0.4, 0.5) is 5.82 Å². The highest BCUT2D eigenvalue weighted by Gasteiger charge is 2.13. The first-order valence-electron chi connectivity index (χ1n) is 6.49. The standard InChI is InChI=1S/C14H16N4O3/c1-10(2)18-12(6-8-16-18)17-13(19)9-21-14(20)11-5-3-4-7-15-11/h3-8,10H,9H2,1-2H3,(H,17,19). The third kappa shape index (κ3) is 3.88. The van der Waals surface area contributed by atoms with E-state index in [4.69, 9.17) is 4.74 Å². The van der Waals surface area contributed by atoms with E-state index < -0.39 is 11.9 Å². The second kappa shape index (κ2) is 6.65. The lowest BCUT2D eigenvalue weighted by atomic mass is 10.3. The first kappa shape index (κ1) is 14.7. The molecule has 0 saturated heterocycles. The molecule has 0 saturated carbocycles. The molecule has 21 heavy (non-hydrogen) atoms. The molecular weight excluding hydrogens is 272 g/mol. The molecule has 2 aromatic rings. The Morgan fingerprint density at radius 1 is 1.29 bits per heavy atom. The lowest BCUT2D eigenvalue weighted by molar-refractivity contribution is -0.119. The van der Waals surface area contributed by atoms with Gasteiger partial charge in [-0.2, -0.15) is 5.10 Å². The van der Waals surface area contributed by atoms with Gasteiger partial charge in [-0.15, -0.1) is 0 Å². The summed E-state index contributed by atoms with van der Waals surface area (Å²) >= 11 is 0. The predicted octanol–water partition coefficient (Wildman–Crippen LogP) is 1.65. The number of hydrogen-bond donors (Lipinski definition) is 1. The van der Waals surface area contributed by atoms with E-state index in [1.165, 1.54) is 12.3 Å². The van der Waals surface area contributed by atoms with Gasteiger partial charge in [0.1, 0.15) is 11.5 Å². The van der Waals surface area contributed by atoms with Crippen LogP contribution in [0.15, 0.2) is 36.7 Å². The van der Waals surface area contributed by atoms with Gasteiger partial charge in [0.25, 0.3) is 5.91 Å². The zero-order valence-electron chi connectivity index (χ0n) is 11.8. The normalized spacial score (nSPS) is 10.4. The van der Waals surface area contributed by atoms with E-state index in [0.29, 0.717) is 5.82 Å². The first-order valence-corrected chi connectivity index (χ1v) is 6.49. The maximum absolute atomic E-state index is 11.8. The van der Waals surface area contributed by atoms with E-state index in [1.807, 2.05) is 13.8 Å². The van der Waals surface area contributed by atoms with E-state index in [0.717, 1.165) is 0 Å². The number of nitrogens with zero attached hydrogens (tertiary/aromatic N) is 3. The molecule has 2 aromatic heterocycles. The molecule has 0 aliphatic heterocycles. The van der Waals surface area contributed by atoms with Crippen molar-refractivity contribution in [3.05, 3.63) is 42.4 Å². The lowest BCUT2D eigenvalue weighted by Gasteiger charge is -2.11. The quantitative estimate of drug-likeness (QED) is 0.845. The summed E-state index contributed by atoms with van der Waals surface area (Å²) < 4.78 is 6.56. The van der Waals surface area contributed by atoms with Gasteiger partial charge in [0.05, 0.1) is 6.20 Å². The summed E-state index contributed by atoms with van der Waals surface area (Å²) in [5.74, 6) is -0.506. The van der Waals surface area contributed by atoms with Crippen molar-refractivity contribution in [1.29, 1.82) is 0 Å². The Bertz CT molecular complexity index is 622. The minimum absolute atomic E-state index is 0.117. The summed E-state index contributed by atoms with van der Waals surface area (Å²) in [6.45, 7) is 3.52. The average Bonchev–Trinajstić information content (AvgIpc) is 2.94. The first-order chi connectivity index (χ1) is 10.1. The molecule has 0 aliphatic rings. The Morgan fingerprint density at radius 3 is 2.76 bits per heavy atom.